The lowest BCUT2D eigenvalue weighted by Crippen LogP contribution is -2.30. The number of alkyl halides is 1. The molecule has 66 valence electrons. The maximum absolute atomic E-state index is 12.5. The van der Waals surface area contributed by atoms with Crippen LogP contribution in [0.25, 0.3) is 0 Å². The average molecular weight is 164 g/mol. The van der Waals surface area contributed by atoms with E-state index in [1.807, 2.05) is 0 Å². The molecule has 0 radical (unpaired) electrons. The predicted molar refractivity (Wildman–Crippen MR) is 38.3 cm³/mol. The van der Waals surface area contributed by atoms with Gasteiger partial charge in [0.25, 0.3) is 0 Å². The molecule has 0 spiro atoms. The van der Waals surface area contributed by atoms with Crippen molar-refractivity contribution in [3.8, 4) is 0 Å². The Hall–Kier alpha value is -0.680. The summed E-state index contributed by atoms with van der Waals surface area (Å²) in [7, 11) is 2.76. The van der Waals surface area contributed by atoms with E-state index in [0.29, 0.717) is 0 Å². The highest BCUT2D eigenvalue weighted by Gasteiger charge is 2.14. The van der Waals surface area contributed by atoms with Gasteiger partial charge in [-0.25, -0.2) is 9.45 Å². The molecule has 0 saturated heterocycles. The van der Waals surface area contributed by atoms with Gasteiger partial charge in [-0.3, -0.25) is 9.63 Å². The molecule has 0 heterocycles. The summed E-state index contributed by atoms with van der Waals surface area (Å²) in [5, 5.41) is 0.974. The number of hydroxylamine groups is 2. The quantitative estimate of drug-likeness (QED) is 0.580. The molecule has 4 nitrogen and oxygen atoms in total. The number of carbonyl (C=O) groups is 1. The molecule has 0 aliphatic rings. The Morgan fingerprint density at radius 2 is 2.36 bits per heavy atom. The van der Waals surface area contributed by atoms with Crippen LogP contribution < -0.4 is 5.73 Å². The van der Waals surface area contributed by atoms with Crippen molar-refractivity contribution in [2.45, 2.75) is 12.6 Å². The lowest BCUT2D eigenvalue weighted by molar-refractivity contribution is -0.169. The van der Waals surface area contributed by atoms with Crippen LogP contribution in [-0.2, 0) is 9.63 Å². The van der Waals surface area contributed by atoms with Crippen LogP contribution in [-0.4, -0.2) is 37.8 Å². The third-order valence-electron chi connectivity index (χ3n) is 1.28. The molecule has 0 bridgehead atoms. The third kappa shape index (κ3) is 3.90. The van der Waals surface area contributed by atoms with Crippen molar-refractivity contribution in [2.24, 2.45) is 5.73 Å². The Morgan fingerprint density at radius 3 is 2.73 bits per heavy atom. The molecule has 0 fully saturated rings. The van der Waals surface area contributed by atoms with Crippen LogP contribution in [0.2, 0.25) is 0 Å². The summed E-state index contributed by atoms with van der Waals surface area (Å²) in [5.41, 5.74) is 4.98. The third-order valence-corrected chi connectivity index (χ3v) is 1.28. The molecule has 1 amide bonds. The molecule has 0 aromatic rings. The number of nitrogens with two attached hydrogens (primary N) is 1. The van der Waals surface area contributed by atoms with Gasteiger partial charge >= 0.3 is 0 Å². The molecule has 11 heavy (non-hydrogen) atoms. The summed E-state index contributed by atoms with van der Waals surface area (Å²) in [5.74, 6) is -0.412. The number of halogens is 1. The van der Waals surface area contributed by atoms with Gasteiger partial charge in [0.1, 0.15) is 6.17 Å². The van der Waals surface area contributed by atoms with Crippen molar-refractivity contribution in [3.63, 3.8) is 0 Å². The molecule has 0 aromatic heterocycles. The molecule has 1 atom stereocenters. The first-order chi connectivity index (χ1) is 5.11. The lowest BCUT2D eigenvalue weighted by atomic mass is 10.2. The highest BCUT2D eigenvalue weighted by Crippen LogP contribution is 1.98. The fourth-order valence-electron chi connectivity index (χ4n) is 0.503. The molecule has 0 unspecified atom stereocenters. The van der Waals surface area contributed by atoms with Crippen LogP contribution in [0.3, 0.4) is 0 Å². The standard InChI is InChI=1S/C6H13FN2O2/c1-9(11-2)6(10)3-5(7)4-8/h5H,3-4,8H2,1-2H3/t5-/m1/s1. The first-order valence-electron chi connectivity index (χ1n) is 3.26. The van der Waals surface area contributed by atoms with Gasteiger partial charge in [-0.05, 0) is 0 Å². The van der Waals surface area contributed by atoms with E-state index in [-0.39, 0.29) is 13.0 Å². The minimum Gasteiger partial charge on any atom is -0.328 e. The zero-order valence-electron chi connectivity index (χ0n) is 6.71. The van der Waals surface area contributed by atoms with Crippen LogP contribution in [0.4, 0.5) is 4.39 Å². The van der Waals surface area contributed by atoms with Gasteiger partial charge in [0.2, 0.25) is 5.91 Å². The topological polar surface area (TPSA) is 55.6 Å². The zero-order chi connectivity index (χ0) is 8.85. The Labute approximate surface area is 65.1 Å². The monoisotopic (exact) mass is 164 g/mol. The van der Waals surface area contributed by atoms with Gasteiger partial charge in [0.05, 0.1) is 13.5 Å². The Morgan fingerprint density at radius 1 is 1.82 bits per heavy atom. The van der Waals surface area contributed by atoms with Crippen LogP contribution in [0.5, 0.6) is 0 Å². The van der Waals surface area contributed by atoms with Crippen molar-refractivity contribution < 1.29 is 14.0 Å². The summed E-state index contributed by atoms with van der Waals surface area (Å²) in [4.78, 5) is 15.4. The van der Waals surface area contributed by atoms with E-state index in [9.17, 15) is 9.18 Å². The molecule has 0 saturated carbocycles. The van der Waals surface area contributed by atoms with E-state index in [4.69, 9.17) is 5.73 Å². The smallest absolute Gasteiger partial charge is 0.248 e. The second-order valence-electron chi connectivity index (χ2n) is 2.11. The highest BCUT2D eigenvalue weighted by molar-refractivity contribution is 5.75. The van der Waals surface area contributed by atoms with Gasteiger partial charge in [-0.2, -0.15) is 0 Å². The highest BCUT2D eigenvalue weighted by atomic mass is 19.1. The van der Waals surface area contributed by atoms with Gasteiger partial charge in [-0.15, -0.1) is 0 Å². The van der Waals surface area contributed by atoms with E-state index in [1.54, 1.807) is 0 Å². The van der Waals surface area contributed by atoms with Gasteiger partial charge in [-0.1, -0.05) is 0 Å². The van der Waals surface area contributed by atoms with Crippen molar-refractivity contribution in [2.75, 3.05) is 20.7 Å². The van der Waals surface area contributed by atoms with Crippen LogP contribution >= 0.6 is 0 Å². The minimum atomic E-state index is -1.28. The molecular formula is C6H13FN2O2. The molecule has 0 aliphatic heterocycles. The van der Waals surface area contributed by atoms with E-state index >= 15 is 0 Å². The molecule has 5 heteroatoms. The van der Waals surface area contributed by atoms with Gasteiger partial charge in [0.15, 0.2) is 0 Å². The van der Waals surface area contributed by atoms with Gasteiger partial charge in [0, 0.05) is 13.6 Å². The normalized spacial score (nSPS) is 12.7. The second-order valence-corrected chi connectivity index (χ2v) is 2.11. The summed E-state index contributed by atoms with van der Waals surface area (Å²) >= 11 is 0. The molecule has 2 N–H and O–H groups in total. The largest absolute Gasteiger partial charge is 0.328 e. The number of rotatable bonds is 4. The number of carbonyl (C=O) groups excluding carboxylic acids is 1. The van der Waals surface area contributed by atoms with Crippen molar-refractivity contribution in [1.29, 1.82) is 0 Å². The first-order valence-corrected chi connectivity index (χ1v) is 3.26. The Kier molecular flexibility index (Phi) is 4.72. The minimum absolute atomic E-state index is 0.136. The maximum atomic E-state index is 12.5. The fraction of sp³-hybridized carbons (Fsp3) is 0.833. The Bertz CT molecular complexity index is 132. The van der Waals surface area contributed by atoms with Crippen molar-refractivity contribution >= 4 is 5.91 Å². The molecule has 0 aromatic carbocycles. The number of amides is 1. The summed E-state index contributed by atoms with van der Waals surface area (Å²) in [6.45, 7) is -0.136. The molecule has 0 aliphatic carbocycles. The van der Waals surface area contributed by atoms with Crippen LogP contribution in [0, 0.1) is 0 Å². The summed E-state index contributed by atoms with van der Waals surface area (Å²) in [6, 6.07) is 0. The number of hydrogen-bond donors (Lipinski definition) is 1. The summed E-state index contributed by atoms with van der Waals surface area (Å²) < 4.78 is 12.5. The van der Waals surface area contributed by atoms with Crippen molar-refractivity contribution in [3.05, 3.63) is 0 Å². The van der Waals surface area contributed by atoms with Crippen LogP contribution in [0.15, 0.2) is 0 Å². The predicted octanol–water partition coefficient (Wildman–Crippen LogP) is -0.307. The van der Waals surface area contributed by atoms with E-state index in [2.05, 4.69) is 4.84 Å². The Balaban J connectivity index is 3.68. The summed E-state index contributed by atoms with van der Waals surface area (Å²) in [6.07, 6.45) is -1.50. The SMILES string of the molecule is CON(C)C(=O)C[C@@H](F)CN. The number of nitrogens with zero attached hydrogens (tertiary/aromatic N) is 1. The molecular weight excluding hydrogens is 151 g/mol. The van der Waals surface area contributed by atoms with Crippen molar-refractivity contribution in [1.82, 2.24) is 5.06 Å². The first kappa shape index (κ1) is 10.3. The lowest BCUT2D eigenvalue weighted by Gasteiger charge is -2.14. The van der Waals surface area contributed by atoms with E-state index in [0.717, 1.165) is 5.06 Å². The average Bonchev–Trinajstić information content (AvgIpc) is 2.02. The van der Waals surface area contributed by atoms with Crippen LogP contribution in [0.1, 0.15) is 6.42 Å². The van der Waals surface area contributed by atoms with E-state index < -0.39 is 12.1 Å². The molecule has 0 rings (SSSR count). The fourth-order valence-corrected chi connectivity index (χ4v) is 0.503. The van der Waals surface area contributed by atoms with Gasteiger partial charge < -0.3 is 5.73 Å². The number of hydrogen-bond acceptors (Lipinski definition) is 3. The second kappa shape index (κ2) is 5.03. The zero-order valence-corrected chi connectivity index (χ0v) is 6.71. The van der Waals surface area contributed by atoms with E-state index in [1.165, 1.54) is 14.2 Å². The maximum Gasteiger partial charge on any atom is 0.248 e.